The normalized spacial score (nSPS) is 18.6. The molecule has 0 radical (unpaired) electrons. The number of hydrogen-bond donors (Lipinski definition) is 2. The lowest BCUT2D eigenvalue weighted by Crippen LogP contribution is -2.33. The Bertz CT molecular complexity index is 582. The molecule has 5 nitrogen and oxygen atoms in total. The minimum atomic E-state index is 0.0354. The molecule has 21 heavy (non-hydrogen) atoms. The summed E-state index contributed by atoms with van der Waals surface area (Å²) < 4.78 is 11.3. The summed E-state index contributed by atoms with van der Waals surface area (Å²) in [6.45, 7) is 2.98. The first-order chi connectivity index (χ1) is 10.3. The van der Waals surface area contributed by atoms with E-state index in [9.17, 15) is 0 Å². The summed E-state index contributed by atoms with van der Waals surface area (Å²) >= 11 is 6.04. The molecule has 1 aromatic carbocycles. The van der Waals surface area contributed by atoms with Gasteiger partial charge in [-0.05, 0) is 18.2 Å². The highest BCUT2D eigenvalue weighted by molar-refractivity contribution is 6.32. The second kappa shape index (κ2) is 6.93. The average molecular weight is 308 g/mol. The number of aromatic nitrogens is 2. The predicted octanol–water partition coefficient (Wildman–Crippen LogP) is 2.35. The molecule has 0 bridgehead atoms. The van der Waals surface area contributed by atoms with Crippen molar-refractivity contribution in [2.75, 3.05) is 26.3 Å². The maximum Gasteiger partial charge on any atom is 0.137 e. The third-order valence-corrected chi connectivity index (χ3v) is 3.69. The summed E-state index contributed by atoms with van der Waals surface area (Å²) in [6, 6.07) is 9.51. The number of hydrogen-bond acceptors (Lipinski definition) is 4. The van der Waals surface area contributed by atoms with Crippen LogP contribution in [0.1, 0.15) is 17.5 Å². The van der Waals surface area contributed by atoms with Crippen molar-refractivity contribution in [3.8, 4) is 5.75 Å². The Balaban J connectivity index is 1.52. The number of H-pyrrole nitrogens is 1. The Kier molecular flexibility index (Phi) is 4.75. The molecular formula is C15H18ClN3O2. The van der Waals surface area contributed by atoms with Gasteiger partial charge in [0.15, 0.2) is 0 Å². The van der Waals surface area contributed by atoms with E-state index >= 15 is 0 Å². The molecule has 1 aliphatic heterocycles. The van der Waals surface area contributed by atoms with E-state index in [1.807, 2.05) is 30.3 Å². The lowest BCUT2D eigenvalue weighted by Gasteiger charge is -2.21. The van der Waals surface area contributed by atoms with Crippen molar-refractivity contribution in [2.45, 2.75) is 12.5 Å². The molecule has 112 valence electrons. The summed E-state index contributed by atoms with van der Waals surface area (Å²) in [5.41, 5.74) is 1.97. The summed E-state index contributed by atoms with van der Waals surface area (Å²) in [5.74, 6) is 0.707. The molecule has 1 fully saturated rings. The highest BCUT2D eigenvalue weighted by Crippen LogP contribution is 2.23. The lowest BCUT2D eigenvalue weighted by atomic mass is 10.2. The quantitative estimate of drug-likeness (QED) is 0.890. The zero-order chi connectivity index (χ0) is 14.5. The molecule has 2 aromatic rings. The minimum Gasteiger partial charge on any atom is -0.492 e. The molecule has 2 N–H and O–H groups in total. The minimum absolute atomic E-state index is 0.0354. The zero-order valence-electron chi connectivity index (χ0n) is 11.6. The summed E-state index contributed by atoms with van der Waals surface area (Å²) in [5, 5.41) is 11.3. The molecule has 0 aliphatic carbocycles. The van der Waals surface area contributed by atoms with Gasteiger partial charge in [-0.15, -0.1) is 0 Å². The van der Waals surface area contributed by atoms with Crippen LogP contribution in [0, 0.1) is 0 Å². The van der Waals surface area contributed by atoms with Crippen LogP contribution in [0.25, 0.3) is 0 Å². The van der Waals surface area contributed by atoms with Crippen LogP contribution in [-0.4, -0.2) is 36.5 Å². The highest BCUT2D eigenvalue weighted by atomic mass is 35.5. The molecule has 1 aliphatic rings. The molecule has 2 heterocycles. The smallest absolute Gasteiger partial charge is 0.137 e. The van der Waals surface area contributed by atoms with Crippen molar-refractivity contribution in [3.63, 3.8) is 0 Å². The fourth-order valence-corrected chi connectivity index (χ4v) is 2.45. The SMILES string of the molecule is Clc1ccccc1OCCc1cc(C2CNCCO2)n[nH]1. The van der Waals surface area contributed by atoms with Gasteiger partial charge in [-0.1, -0.05) is 23.7 Å². The van der Waals surface area contributed by atoms with Gasteiger partial charge in [0.25, 0.3) is 0 Å². The monoisotopic (exact) mass is 307 g/mol. The fourth-order valence-electron chi connectivity index (χ4n) is 2.26. The number of rotatable bonds is 5. The fraction of sp³-hybridized carbons (Fsp3) is 0.400. The molecule has 6 heteroatoms. The Morgan fingerprint density at radius 2 is 2.29 bits per heavy atom. The standard InChI is InChI=1S/C15H18ClN3O2/c16-12-3-1-2-4-14(12)20-7-5-11-9-13(19-18-11)15-10-17-6-8-21-15/h1-4,9,15,17H,5-8,10H2,(H,18,19). The van der Waals surface area contributed by atoms with Gasteiger partial charge in [0, 0.05) is 25.2 Å². The van der Waals surface area contributed by atoms with Crippen molar-refractivity contribution in [1.82, 2.24) is 15.5 Å². The van der Waals surface area contributed by atoms with Gasteiger partial charge < -0.3 is 14.8 Å². The third kappa shape index (κ3) is 3.75. The molecule has 1 aromatic heterocycles. The Hall–Kier alpha value is -1.56. The van der Waals surface area contributed by atoms with E-state index in [0.29, 0.717) is 17.4 Å². The van der Waals surface area contributed by atoms with E-state index < -0.39 is 0 Å². The molecular weight excluding hydrogens is 290 g/mol. The van der Waals surface area contributed by atoms with Gasteiger partial charge in [0.1, 0.15) is 11.9 Å². The molecule has 1 saturated heterocycles. The number of halogens is 1. The van der Waals surface area contributed by atoms with E-state index in [-0.39, 0.29) is 6.10 Å². The molecule has 1 atom stereocenters. The van der Waals surface area contributed by atoms with E-state index in [2.05, 4.69) is 15.5 Å². The van der Waals surface area contributed by atoms with Crippen LogP contribution in [0.4, 0.5) is 0 Å². The maximum atomic E-state index is 6.04. The molecule has 0 amide bonds. The van der Waals surface area contributed by atoms with Crippen LogP contribution in [-0.2, 0) is 11.2 Å². The number of nitrogens with one attached hydrogen (secondary N) is 2. The van der Waals surface area contributed by atoms with Crippen LogP contribution in [0.15, 0.2) is 30.3 Å². The number of ether oxygens (including phenoxy) is 2. The van der Waals surface area contributed by atoms with Crippen molar-refractivity contribution >= 4 is 11.6 Å². The molecule has 0 spiro atoms. The van der Waals surface area contributed by atoms with Crippen LogP contribution >= 0.6 is 11.6 Å². The van der Waals surface area contributed by atoms with Gasteiger partial charge >= 0.3 is 0 Å². The van der Waals surface area contributed by atoms with Gasteiger partial charge in [-0.3, -0.25) is 5.10 Å². The average Bonchev–Trinajstić information content (AvgIpc) is 2.99. The van der Waals surface area contributed by atoms with E-state index in [4.69, 9.17) is 21.1 Å². The number of nitrogens with zero attached hydrogens (tertiary/aromatic N) is 1. The molecule has 0 saturated carbocycles. The number of benzene rings is 1. The third-order valence-electron chi connectivity index (χ3n) is 3.37. The second-order valence-electron chi connectivity index (χ2n) is 4.91. The number of aromatic amines is 1. The van der Waals surface area contributed by atoms with Gasteiger partial charge in [-0.25, -0.2) is 0 Å². The second-order valence-corrected chi connectivity index (χ2v) is 5.32. The first-order valence-electron chi connectivity index (χ1n) is 7.07. The first kappa shape index (κ1) is 14.4. The van der Waals surface area contributed by atoms with E-state index in [1.54, 1.807) is 0 Å². The largest absolute Gasteiger partial charge is 0.492 e. The van der Waals surface area contributed by atoms with Crippen LogP contribution < -0.4 is 10.1 Å². The lowest BCUT2D eigenvalue weighted by molar-refractivity contribution is 0.0250. The van der Waals surface area contributed by atoms with Crippen LogP contribution in [0.2, 0.25) is 5.02 Å². The summed E-state index contributed by atoms with van der Waals surface area (Å²) in [4.78, 5) is 0. The number of morpholine rings is 1. The maximum absolute atomic E-state index is 6.04. The van der Waals surface area contributed by atoms with Crippen molar-refractivity contribution < 1.29 is 9.47 Å². The Morgan fingerprint density at radius 1 is 1.38 bits per heavy atom. The first-order valence-corrected chi connectivity index (χ1v) is 7.44. The van der Waals surface area contributed by atoms with Gasteiger partial charge in [0.05, 0.1) is 23.9 Å². The van der Waals surface area contributed by atoms with Crippen molar-refractivity contribution in [2.24, 2.45) is 0 Å². The van der Waals surface area contributed by atoms with Crippen molar-refractivity contribution in [1.29, 1.82) is 0 Å². The summed E-state index contributed by atoms with van der Waals surface area (Å²) in [7, 11) is 0. The number of para-hydroxylation sites is 1. The Labute approximate surface area is 128 Å². The predicted molar refractivity (Wildman–Crippen MR) is 80.8 cm³/mol. The summed E-state index contributed by atoms with van der Waals surface area (Å²) in [6.07, 6.45) is 0.784. The molecule has 1 unspecified atom stereocenters. The van der Waals surface area contributed by atoms with E-state index in [1.165, 1.54) is 0 Å². The van der Waals surface area contributed by atoms with Gasteiger partial charge in [0.2, 0.25) is 0 Å². The van der Waals surface area contributed by atoms with Gasteiger partial charge in [-0.2, -0.15) is 5.10 Å². The highest BCUT2D eigenvalue weighted by Gasteiger charge is 2.18. The van der Waals surface area contributed by atoms with E-state index in [0.717, 1.165) is 37.5 Å². The Morgan fingerprint density at radius 3 is 3.10 bits per heavy atom. The topological polar surface area (TPSA) is 59.2 Å². The zero-order valence-corrected chi connectivity index (χ0v) is 12.4. The van der Waals surface area contributed by atoms with Crippen LogP contribution in [0.5, 0.6) is 5.75 Å². The van der Waals surface area contributed by atoms with Crippen molar-refractivity contribution in [3.05, 3.63) is 46.7 Å². The molecule has 3 rings (SSSR count). The van der Waals surface area contributed by atoms with Crippen LogP contribution in [0.3, 0.4) is 0 Å².